The highest BCUT2D eigenvalue weighted by Crippen LogP contribution is 2.24. The smallest absolute Gasteiger partial charge is 0.328 e. The number of carbonyl (C=O) groups excluding carboxylic acids is 2. The summed E-state index contributed by atoms with van der Waals surface area (Å²) in [7, 11) is 1.61. The molecule has 6 nitrogen and oxygen atoms in total. The topological polar surface area (TPSA) is 80.4 Å². The van der Waals surface area contributed by atoms with Gasteiger partial charge in [0, 0.05) is 29.6 Å². The molecular weight excluding hydrogens is 272 g/mol. The second kappa shape index (κ2) is 6.78. The van der Waals surface area contributed by atoms with Gasteiger partial charge in [0.25, 0.3) is 0 Å². The number of ether oxygens (including phenoxy) is 2. The third-order valence-electron chi connectivity index (χ3n) is 3.24. The van der Waals surface area contributed by atoms with Gasteiger partial charge in [0.1, 0.15) is 11.8 Å². The van der Waals surface area contributed by atoms with E-state index in [2.05, 4.69) is 10.3 Å². The van der Waals surface area contributed by atoms with Crippen LogP contribution in [0.3, 0.4) is 0 Å². The van der Waals surface area contributed by atoms with Crippen molar-refractivity contribution in [1.29, 1.82) is 0 Å². The molecule has 1 aromatic carbocycles. The summed E-state index contributed by atoms with van der Waals surface area (Å²) in [5, 5.41) is 3.48. The van der Waals surface area contributed by atoms with Gasteiger partial charge >= 0.3 is 5.97 Å². The summed E-state index contributed by atoms with van der Waals surface area (Å²) in [5.41, 5.74) is 1.85. The third kappa shape index (κ3) is 3.34. The van der Waals surface area contributed by atoms with E-state index in [4.69, 9.17) is 9.47 Å². The van der Waals surface area contributed by atoms with Gasteiger partial charge < -0.3 is 19.8 Å². The van der Waals surface area contributed by atoms with Gasteiger partial charge in [-0.25, -0.2) is 4.79 Å². The Kier molecular flexibility index (Phi) is 4.81. The van der Waals surface area contributed by atoms with Crippen molar-refractivity contribution in [2.75, 3.05) is 13.7 Å². The zero-order chi connectivity index (χ0) is 15.2. The summed E-state index contributed by atoms with van der Waals surface area (Å²) in [6, 6.07) is 4.96. The molecule has 0 aliphatic heterocycles. The first-order chi connectivity index (χ1) is 10.2. The molecule has 0 aliphatic rings. The van der Waals surface area contributed by atoms with E-state index in [-0.39, 0.29) is 6.61 Å². The number of benzene rings is 1. The van der Waals surface area contributed by atoms with Gasteiger partial charge in [0.05, 0.1) is 13.7 Å². The van der Waals surface area contributed by atoms with E-state index in [1.54, 1.807) is 14.0 Å². The Balaban J connectivity index is 2.24. The summed E-state index contributed by atoms with van der Waals surface area (Å²) in [5.74, 6) is 0.316. The SMILES string of the molecule is CCOC(=O)C(Cc1c[nH]c2cc(OC)ccc12)NC=O. The van der Waals surface area contributed by atoms with Crippen LogP contribution in [0.25, 0.3) is 10.9 Å². The molecule has 0 radical (unpaired) electrons. The highest BCUT2D eigenvalue weighted by molar-refractivity contribution is 5.86. The zero-order valence-electron chi connectivity index (χ0n) is 12.0. The van der Waals surface area contributed by atoms with Crippen LogP contribution in [0.1, 0.15) is 12.5 Å². The lowest BCUT2D eigenvalue weighted by Crippen LogP contribution is -2.39. The van der Waals surface area contributed by atoms with Crippen LogP contribution in [0.5, 0.6) is 5.75 Å². The van der Waals surface area contributed by atoms with Crippen LogP contribution < -0.4 is 10.1 Å². The van der Waals surface area contributed by atoms with Crippen molar-refractivity contribution in [3.63, 3.8) is 0 Å². The Morgan fingerprint density at radius 1 is 1.48 bits per heavy atom. The quantitative estimate of drug-likeness (QED) is 0.596. The first kappa shape index (κ1) is 14.9. The van der Waals surface area contributed by atoms with Crippen molar-refractivity contribution in [2.45, 2.75) is 19.4 Å². The van der Waals surface area contributed by atoms with E-state index in [0.717, 1.165) is 22.2 Å². The molecule has 1 amide bonds. The van der Waals surface area contributed by atoms with Crippen LogP contribution in [-0.2, 0) is 20.7 Å². The number of carbonyl (C=O) groups is 2. The number of aromatic nitrogens is 1. The molecule has 6 heteroatoms. The molecule has 0 saturated carbocycles. The molecule has 2 aromatic rings. The molecule has 1 atom stereocenters. The minimum Gasteiger partial charge on any atom is -0.497 e. The maximum absolute atomic E-state index is 11.8. The maximum atomic E-state index is 11.8. The standard InChI is InChI=1S/C15H18N2O4/c1-3-21-15(19)14(17-9-18)6-10-8-16-13-7-11(20-2)4-5-12(10)13/h4-5,7-9,14,16H,3,6H2,1-2H3,(H,17,18). The van der Waals surface area contributed by atoms with Gasteiger partial charge in [-0.2, -0.15) is 0 Å². The van der Waals surface area contributed by atoms with Crippen LogP contribution in [-0.4, -0.2) is 37.1 Å². The number of rotatable bonds is 7. The third-order valence-corrected chi connectivity index (χ3v) is 3.24. The molecule has 21 heavy (non-hydrogen) atoms. The average Bonchev–Trinajstić information content (AvgIpc) is 2.89. The number of nitrogens with one attached hydrogen (secondary N) is 2. The minimum atomic E-state index is -0.691. The van der Waals surface area contributed by atoms with Crippen molar-refractivity contribution in [1.82, 2.24) is 10.3 Å². The van der Waals surface area contributed by atoms with Gasteiger partial charge in [-0.15, -0.1) is 0 Å². The van der Waals surface area contributed by atoms with Crippen LogP contribution >= 0.6 is 0 Å². The molecule has 0 aliphatic carbocycles. The maximum Gasteiger partial charge on any atom is 0.328 e. The minimum absolute atomic E-state index is 0.279. The summed E-state index contributed by atoms with van der Waals surface area (Å²) in [6.07, 6.45) is 2.70. The second-order valence-electron chi connectivity index (χ2n) is 4.52. The van der Waals surface area contributed by atoms with Gasteiger partial charge in [-0.1, -0.05) is 0 Å². The Morgan fingerprint density at radius 3 is 2.95 bits per heavy atom. The highest BCUT2D eigenvalue weighted by atomic mass is 16.5. The zero-order valence-corrected chi connectivity index (χ0v) is 12.0. The molecule has 2 N–H and O–H groups in total. The van der Waals surface area contributed by atoms with Crippen LogP contribution in [0.2, 0.25) is 0 Å². The predicted octanol–water partition coefficient (Wildman–Crippen LogP) is 1.40. The molecular formula is C15H18N2O4. The highest BCUT2D eigenvalue weighted by Gasteiger charge is 2.21. The normalized spacial score (nSPS) is 11.9. The predicted molar refractivity (Wildman–Crippen MR) is 78.2 cm³/mol. The number of amides is 1. The van der Waals surface area contributed by atoms with E-state index in [0.29, 0.717) is 12.8 Å². The van der Waals surface area contributed by atoms with Crippen molar-refractivity contribution < 1.29 is 19.1 Å². The number of esters is 1. The fourth-order valence-electron chi connectivity index (χ4n) is 2.22. The first-order valence-corrected chi connectivity index (χ1v) is 6.70. The van der Waals surface area contributed by atoms with Gasteiger partial charge in [-0.3, -0.25) is 4.79 Å². The lowest BCUT2D eigenvalue weighted by atomic mass is 10.1. The monoisotopic (exact) mass is 290 g/mol. The van der Waals surface area contributed by atoms with Crippen molar-refractivity contribution in [3.05, 3.63) is 30.0 Å². The molecule has 0 fully saturated rings. The summed E-state index contributed by atoms with van der Waals surface area (Å²) >= 11 is 0. The first-order valence-electron chi connectivity index (χ1n) is 6.70. The fourth-order valence-corrected chi connectivity index (χ4v) is 2.22. The lowest BCUT2D eigenvalue weighted by Gasteiger charge is -2.14. The van der Waals surface area contributed by atoms with Gasteiger partial charge in [-0.05, 0) is 24.6 Å². The van der Waals surface area contributed by atoms with Gasteiger partial charge in [0.2, 0.25) is 6.41 Å². The molecule has 0 spiro atoms. The molecule has 2 rings (SSSR count). The molecule has 1 aromatic heterocycles. The van der Waals surface area contributed by atoms with E-state index in [1.165, 1.54) is 0 Å². The van der Waals surface area contributed by atoms with Crippen molar-refractivity contribution >= 4 is 23.3 Å². The van der Waals surface area contributed by atoms with E-state index < -0.39 is 12.0 Å². The summed E-state index contributed by atoms with van der Waals surface area (Å²) in [4.78, 5) is 25.6. The molecule has 112 valence electrons. The second-order valence-corrected chi connectivity index (χ2v) is 4.52. The molecule has 0 bridgehead atoms. The van der Waals surface area contributed by atoms with E-state index in [1.807, 2.05) is 24.4 Å². The largest absolute Gasteiger partial charge is 0.497 e. The van der Waals surface area contributed by atoms with Crippen molar-refractivity contribution in [3.8, 4) is 5.75 Å². The van der Waals surface area contributed by atoms with Crippen molar-refractivity contribution in [2.24, 2.45) is 0 Å². The van der Waals surface area contributed by atoms with Crippen LogP contribution in [0.15, 0.2) is 24.4 Å². The molecule has 0 saturated heterocycles. The Hall–Kier alpha value is -2.50. The van der Waals surface area contributed by atoms with Crippen LogP contribution in [0.4, 0.5) is 0 Å². The molecule has 1 unspecified atom stereocenters. The van der Waals surface area contributed by atoms with Gasteiger partial charge in [0.15, 0.2) is 0 Å². The number of methoxy groups -OCH3 is 1. The average molecular weight is 290 g/mol. The number of hydrogen-bond acceptors (Lipinski definition) is 4. The van der Waals surface area contributed by atoms with E-state index >= 15 is 0 Å². The van der Waals surface area contributed by atoms with Crippen LogP contribution in [0, 0.1) is 0 Å². The number of aromatic amines is 1. The number of H-pyrrole nitrogens is 1. The number of fused-ring (bicyclic) bond motifs is 1. The fraction of sp³-hybridized carbons (Fsp3) is 0.333. The number of hydrogen-bond donors (Lipinski definition) is 2. The lowest BCUT2D eigenvalue weighted by molar-refractivity contribution is -0.146. The molecule has 1 heterocycles. The summed E-state index contributed by atoms with van der Waals surface area (Å²) < 4.78 is 10.1. The Morgan fingerprint density at radius 2 is 2.29 bits per heavy atom. The Labute approximate surface area is 122 Å². The Bertz CT molecular complexity index is 636. The summed E-state index contributed by atoms with van der Waals surface area (Å²) in [6.45, 7) is 2.01. The van der Waals surface area contributed by atoms with E-state index in [9.17, 15) is 9.59 Å².